The van der Waals surface area contributed by atoms with Gasteiger partial charge in [0, 0.05) is 29.6 Å². The second-order valence-electron chi connectivity index (χ2n) is 9.76. The van der Waals surface area contributed by atoms with E-state index in [4.69, 9.17) is 5.73 Å². The maximum absolute atomic E-state index is 13.5. The molecule has 3 amide bonds. The summed E-state index contributed by atoms with van der Waals surface area (Å²) >= 11 is 0. The highest BCUT2D eigenvalue weighted by Gasteiger charge is 2.52. The monoisotopic (exact) mass is 497 g/mol. The Morgan fingerprint density at radius 3 is 2.68 bits per heavy atom. The first-order valence-corrected chi connectivity index (χ1v) is 12.4. The van der Waals surface area contributed by atoms with Crippen molar-refractivity contribution < 1.29 is 14.4 Å². The number of benzene rings is 2. The summed E-state index contributed by atoms with van der Waals surface area (Å²) in [5.41, 5.74) is 8.31. The molecule has 188 valence electrons. The number of nitrogens with one attached hydrogen (secondary N) is 2. The zero-order valence-corrected chi connectivity index (χ0v) is 20.1. The Bertz CT molecular complexity index is 1480. The minimum atomic E-state index is -0.904. The van der Waals surface area contributed by atoms with Gasteiger partial charge in [-0.1, -0.05) is 36.4 Å². The van der Waals surface area contributed by atoms with Crippen molar-refractivity contribution in [3.63, 3.8) is 0 Å². The van der Waals surface area contributed by atoms with Gasteiger partial charge < -0.3 is 20.9 Å². The smallest absolute Gasteiger partial charge is 0.294 e. The van der Waals surface area contributed by atoms with Gasteiger partial charge in [-0.15, -0.1) is 5.10 Å². The first kappa shape index (κ1) is 23.0. The van der Waals surface area contributed by atoms with E-state index in [0.717, 1.165) is 41.4 Å². The van der Waals surface area contributed by atoms with Crippen LogP contribution < -0.4 is 11.1 Å². The lowest BCUT2D eigenvalue weighted by Crippen LogP contribution is -2.57. The van der Waals surface area contributed by atoms with Crippen molar-refractivity contribution in [2.24, 2.45) is 11.7 Å². The second kappa shape index (κ2) is 9.20. The molecular formula is C27H27N7O3. The predicted molar refractivity (Wildman–Crippen MR) is 136 cm³/mol. The summed E-state index contributed by atoms with van der Waals surface area (Å²) in [6.45, 7) is 0. The van der Waals surface area contributed by atoms with E-state index in [1.54, 1.807) is 9.58 Å². The Labute approximate surface area is 212 Å². The van der Waals surface area contributed by atoms with Crippen molar-refractivity contribution in [1.29, 1.82) is 0 Å². The fourth-order valence-electron chi connectivity index (χ4n) is 5.80. The van der Waals surface area contributed by atoms with Gasteiger partial charge in [0.1, 0.15) is 18.4 Å². The molecule has 2 fully saturated rings. The minimum Gasteiger partial charge on any atom is -0.368 e. The molecule has 4 N–H and O–H groups in total. The van der Waals surface area contributed by atoms with E-state index in [9.17, 15) is 14.4 Å². The zero-order valence-electron chi connectivity index (χ0n) is 20.1. The molecule has 1 aliphatic carbocycles. The van der Waals surface area contributed by atoms with E-state index < -0.39 is 18.0 Å². The standard InChI is InChI=1S/C27H27N7O3/c28-24(35)22(13-17-14-29-21-9-5-4-8-20(17)21)31-26(36)23-16-10-11-19(12-16)34(23)27(37)25-30-15-33(32-25)18-6-2-1-3-7-18/h1-9,14-16,19,22-23,29H,10-13H2,(H2,28,35)(H,31,36)/t16?,19?,22-,23?/m0/s1. The molecule has 10 heteroatoms. The Kier molecular flexibility index (Phi) is 5.71. The summed E-state index contributed by atoms with van der Waals surface area (Å²) in [7, 11) is 0. The van der Waals surface area contributed by atoms with Crippen LogP contribution in [-0.2, 0) is 16.0 Å². The number of piperidine rings is 1. The molecule has 0 spiro atoms. The van der Waals surface area contributed by atoms with Crippen molar-refractivity contribution in [3.05, 3.63) is 78.5 Å². The molecule has 1 saturated carbocycles. The van der Waals surface area contributed by atoms with Crippen molar-refractivity contribution in [2.45, 2.75) is 43.8 Å². The van der Waals surface area contributed by atoms with Gasteiger partial charge >= 0.3 is 0 Å². The maximum atomic E-state index is 13.5. The number of nitrogens with zero attached hydrogens (tertiary/aromatic N) is 4. The number of carbonyl (C=O) groups is 3. The molecule has 1 aliphatic heterocycles. The van der Waals surface area contributed by atoms with Gasteiger partial charge in [-0.05, 0) is 48.9 Å². The number of H-pyrrole nitrogens is 1. The molecule has 4 aromatic rings. The van der Waals surface area contributed by atoms with Crippen molar-refractivity contribution in [2.75, 3.05) is 0 Å². The fourth-order valence-corrected chi connectivity index (χ4v) is 5.80. The van der Waals surface area contributed by atoms with Gasteiger partial charge in [0.25, 0.3) is 5.91 Å². The van der Waals surface area contributed by atoms with E-state index in [-0.39, 0.29) is 36.0 Å². The van der Waals surface area contributed by atoms with Gasteiger partial charge in [-0.2, -0.15) is 0 Å². The summed E-state index contributed by atoms with van der Waals surface area (Å²) in [4.78, 5) is 48.4. The second-order valence-corrected chi connectivity index (χ2v) is 9.76. The SMILES string of the molecule is NC(=O)[C@H](Cc1c[nH]c2ccccc12)NC(=O)C1C2CCC(C2)N1C(=O)c1ncn(-c2ccccc2)n1. The van der Waals surface area contributed by atoms with Crippen LogP contribution in [0.25, 0.3) is 16.6 Å². The van der Waals surface area contributed by atoms with E-state index >= 15 is 0 Å². The van der Waals surface area contributed by atoms with Crippen molar-refractivity contribution in [1.82, 2.24) is 30.0 Å². The van der Waals surface area contributed by atoms with E-state index in [0.29, 0.717) is 0 Å². The van der Waals surface area contributed by atoms with Gasteiger partial charge in [0.05, 0.1) is 5.69 Å². The molecule has 2 aromatic carbocycles. The lowest BCUT2D eigenvalue weighted by Gasteiger charge is -2.34. The highest BCUT2D eigenvalue weighted by molar-refractivity contribution is 5.97. The van der Waals surface area contributed by atoms with Crippen LogP contribution in [0.4, 0.5) is 0 Å². The number of carbonyl (C=O) groups excluding carboxylic acids is 3. The summed E-state index contributed by atoms with van der Waals surface area (Å²) < 4.78 is 1.54. The molecule has 4 atom stereocenters. The molecule has 6 rings (SSSR count). The number of hydrogen-bond donors (Lipinski definition) is 3. The number of hydrogen-bond acceptors (Lipinski definition) is 5. The fraction of sp³-hybridized carbons (Fsp3) is 0.296. The molecule has 1 saturated heterocycles. The summed E-state index contributed by atoms with van der Waals surface area (Å²) in [5.74, 6) is -1.31. The number of nitrogens with two attached hydrogens (primary N) is 1. The third kappa shape index (κ3) is 4.14. The first-order valence-electron chi connectivity index (χ1n) is 12.4. The minimum absolute atomic E-state index is 0.0202. The number of likely N-dealkylation sites (tertiary alicyclic amines) is 1. The van der Waals surface area contributed by atoms with Crippen molar-refractivity contribution >= 4 is 28.6 Å². The molecule has 2 aliphatic rings. The van der Waals surface area contributed by atoms with Crippen LogP contribution in [0.15, 0.2) is 67.1 Å². The topological polar surface area (TPSA) is 139 Å². The molecular weight excluding hydrogens is 470 g/mol. The number of amides is 3. The van der Waals surface area contributed by atoms with E-state index in [1.807, 2.05) is 60.8 Å². The Morgan fingerprint density at radius 2 is 1.86 bits per heavy atom. The Balaban J connectivity index is 1.22. The lowest BCUT2D eigenvalue weighted by molar-refractivity contribution is -0.131. The number of rotatable bonds is 7. The average Bonchev–Trinajstić information content (AvgIpc) is 3.72. The molecule has 37 heavy (non-hydrogen) atoms. The highest BCUT2D eigenvalue weighted by atomic mass is 16.2. The van der Waals surface area contributed by atoms with Gasteiger partial charge in [0.2, 0.25) is 17.6 Å². The first-order chi connectivity index (χ1) is 18.0. The number of aromatic nitrogens is 4. The molecule has 2 aromatic heterocycles. The van der Waals surface area contributed by atoms with Crippen LogP contribution >= 0.6 is 0 Å². The van der Waals surface area contributed by atoms with E-state index in [2.05, 4.69) is 20.4 Å². The lowest BCUT2D eigenvalue weighted by atomic mass is 9.96. The average molecular weight is 498 g/mol. The van der Waals surface area contributed by atoms with Crippen molar-refractivity contribution in [3.8, 4) is 5.69 Å². The van der Waals surface area contributed by atoms with Crippen LogP contribution in [-0.4, -0.2) is 60.5 Å². The maximum Gasteiger partial charge on any atom is 0.294 e. The molecule has 2 bridgehead atoms. The molecule has 3 unspecified atom stereocenters. The Hall–Kier alpha value is -4.47. The largest absolute Gasteiger partial charge is 0.368 e. The van der Waals surface area contributed by atoms with Gasteiger partial charge in [0.15, 0.2) is 0 Å². The Morgan fingerprint density at radius 1 is 1.08 bits per heavy atom. The number of primary amides is 1. The van der Waals surface area contributed by atoms with Gasteiger partial charge in [-0.3, -0.25) is 14.4 Å². The van der Waals surface area contributed by atoms with Crippen LogP contribution in [0.1, 0.15) is 35.4 Å². The third-order valence-electron chi connectivity index (χ3n) is 7.55. The molecule has 3 heterocycles. The number of para-hydroxylation sites is 2. The summed E-state index contributed by atoms with van der Waals surface area (Å²) in [5, 5.41) is 8.19. The van der Waals surface area contributed by atoms with Crippen LogP contribution in [0.3, 0.4) is 0 Å². The van der Waals surface area contributed by atoms with Crippen LogP contribution in [0.5, 0.6) is 0 Å². The summed E-state index contributed by atoms with van der Waals surface area (Å²) in [6, 6.07) is 15.5. The molecule has 10 nitrogen and oxygen atoms in total. The van der Waals surface area contributed by atoms with Crippen LogP contribution in [0, 0.1) is 5.92 Å². The number of fused-ring (bicyclic) bond motifs is 3. The normalized spacial score (nSPS) is 21.3. The van der Waals surface area contributed by atoms with Crippen LogP contribution in [0.2, 0.25) is 0 Å². The third-order valence-corrected chi connectivity index (χ3v) is 7.55. The van der Waals surface area contributed by atoms with E-state index in [1.165, 1.54) is 6.33 Å². The summed E-state index contributed by atoms with van der Waals surface area (Å²) in [6.07, 6.45) is 6.00. The highest BCUT2D eigenvalue weighted by Crippen LogP contribution is 2.43. The quantitative estimate of drug-likeness (QED) is 0.358. The molecule has 0 radical (unpaired) electrons. The number of aromatic amines is 1. The predicted octanol–water partition coefficient (Wildman–Crippen LogP) is 1.95. The zero-order chi connectivity index (χ0) is 25.5. The van der Waals surface area contributed by atoms with Gasteiger partial charge in [-0.25, -0.2) is 9.67 Å².